The number of carbonyl (C=O) groups excluding carboxylic acids is 1. The van der Waals surface area contributed by atoms with Crippen molar-refractivity contribution in [2.45, 2.75) is 56.6 Å². The zero-order valence-corrected chi connectivity index (χ0v) is 22.3. The quantitative estimate of drug-likeness (QED) is 0.577. The van der Waals surface area contributed by atoms with Crippen molar-refractivity contribution < 1.29 is 17.9 Å². The van der Waals surface area contributed by atoms with Crippen LogP contribution < -0.4 is 9.46 Å². The van der Waals surface area contributed by atoms with Crippen molar-refractivity contribution in [3.05, 3.63) is 57.6 Å². The summed E-state index contributed by atoms with van der Waals surface area (Å²) >= 11 is 12.3. The van der Waals surface area contributed by atoms with Gasteiger partial charge in [0, 0.05) is 37.8 Å². The first-order chi connectivity index (χ1) is 16.6. The molecule has 10 heteroatoms. The molecule has 0 radical (unpaired) electrons. The normalized spacial score (nSPS) is 18.5. The van der Waals surface area contributed by atoms with Crippen LogP contribution in [0.5, 0.6) is 5.75 Å². The highest BCUT2D eigenvalue weighted by atomic mass is 35.5. The summed E-state index contributed by atoms with van der Waals surface area (Å²) in [5, 5.41) is 1.06. The van der Waals surface area contributed by atoms with Crippen LogP contribution in [0.2, 0.25) is 10.0 Å². The van der Waals surface area contributed by atoms with E-state index in [2.05, 4.69) is 9.62 Å². The molecule has 2 amide bonds. The number of hydrogen-bond acceptors (Lipinski definition) is 5. The number of amides is 2. The maximum Gasteiger partial charge on any atom is 0.331 e. The highest BCUT2D eigenvalue weighted by molar-refractivity contribution is 7.90. The molecular weight excluding hydrogens is 509 g/mol. The Labute approximate surface area is 217 Å². The van der Waals surface area contributed by atoms with Crippen LogP contribution in [0, 0.1) is 13.8 Å². The molecule has 0 spiro atoms. The summed E-state index contributed by atoms with van der Waals surface area (Å²) in [5.41, 5.74) is 1.81. The molecule has 0 unspecified atom stereocenters. The fourth-order valence-electron chi connectivity index (χ4n) is 4.69. The van der Waals surface area contributed by atoms with Crippen LogP contribution in [0.3, 0.4) is 0 Å². The third-order valence-electron chi connectivity index (χ3n) is 6.88. The summed E-state index contributed by atoms with van der Waals surface area (Å²) in [7, 11) is -3.88. The molecular formula is C25H31Cl2N3O4S. The number of hydrogen-bond donors (Lipinski definition) is 1. The molecule has 2 aromatic rings. The number of carbonyl (C=O) groups is 1. The lowest BCUT2D eigenvalue weighted by molar-refractivity contribution is 0.0537. The van der Waals surface area contributed by atoms with Crippen LogP contribution >= 0.6 is 23.2 Å². The van der Waals surface area contributed by atoms with E-state index in [1.54, 1.807) is 23.1 Å². The maximum absolute atomic E-state index is 12.6. The Hall–Kier alpha value is -2.00. The summed E-state index contributed by atoms with van der Waals surface area (Å²) in [5.74, 6) is 0.776. The van der Waals surface area contributed by atoms with Crippen LogP contribution in [0.15, 0.2) is 41.3 Å². The zero-order chi connectivity index (χ0) is 25.2. The van der Waals surface area contributed by atoms with E-state index >= 15 is 0 Å². The second kappa shape index (κ2) is 10.9. The van der Waals surface area contributed by atoms with Crippen molar-refractivity contribution in [3.8, 4) is 5.75 Å². The smallest absolute Gasteiger partial charge is 0.331 e. The zero-order valence-electron chi connectivity index (χ0n) is 20.0. The molecule has 190 valence electrons. The molecule has 2 aliphatic heterocycles. The molecule has 2 aliphatic rings. The first-order valence-electron chi connectivity index (χ1n) is 11.9. The molecule has 0 atom stereocenters. The summed E-state index contributed by atoms with van der Waals surface area (Å²) < 4.78 is 33.5. The van der Waals surface area contributed by atoms with E-state index in [0.29, 0.717) is 29.2 Å². The van der Waals surface area contributed by atoms with Crippen LogP contribution in [-0.4, -0.2) is 62.6 Å². The van der Waals surface area contributed by atoms with Crippen molar-refractivity contribution in [2.24, 2.45) is 0 Å². The lowest BCUT2D eigenvalue weighted by Gasteiger charge is -2.41. The molecule has 4 rings (SSSR count). The number of nitrogens with one attached hydrogen (secondary N) is 1. The molecule has 0 saturated carbocycles. The summed E-state index contributed by atoms with van der Waals surface area (Å²) in [6, 6.07) is 9.89. The largest absolute Gasteiger partial charge is 0.490 e. The first-order valence-corrected chi connectivity index (χ1v) is 14.1. The molecule has 0 aromatic heterocycles. The number of piperidine rings is 2. The second-order valence-corrected chi connectivity index (χ2v) is 11.7. The number of ether oxygens (including phenoxy) is 1. The van der Waals surface area contributed by atoms with Crippen molar-refractivity contribution in [1.29, 1.82) is 0 Å². The van der Waals surface area contributed by atoms with E-state index in [1.165, 1.54) is 12.1 Å². The van der Waals surface area contributed by atoms with Crippen LogP contribution in [0.4, 0.5) is 4.79 Å². The van der Waals surface area contributed by atoms with Crippen molar-refractivity contribution >= 4 is 39.3 Å². The minimum atomic E-state index is -3.88. The van der Waals surface area contributed by atoms with Gasteiger partial charge in [0.25, 0.3) is 10.0 Å². The lowest BCUT2D eigenvalue weighted by Crippen LogP contribution is -2.52. The standard InChI is InChI=1S/C25H31Cl2N3O4S/c1-17-3-5-21(6-4-17)35(32,33)28-25(31)30-13-9-19(10-14-30)29-15-11-20(12-16-29)34-23-8-7-22(26)24(27)18(23)2/h3-8,19-20H,9-16H2,1-2H3,(H,28,31). The number of halogens is 2. The summed E-state index contributed by atoms with van der Waals surface area (Å²) in [6.07, 6.45) is 3.58. The van der Waals surface area contributed by atoms with Gasteiger partial charge in [-0.3, -0.25) is 4.90 Å². The van der Waals surface area contributed by atoms with Crippen LogP contribution in [0.1, 0.15) is 36.8 Å². The third-order valence-corrected chi connectivity index (χ3v) is 9.12. The van der Waals surface area contributed by atoms with Gasteiger partial charge in [-0.2, -0.15) is 0 Å². The van der Waals surface area contributed by atoms with E-state index in [9.17, 15) is 13.2 Å². The van der Waals surface area contributed by atoms with Crippen molar-refractivity contribution in [2.75, 3.05) is 26.2 Å². The van der Waals surface area contributed by atoms with Gasteiger partial charge in [-0.05, 0) is 63.8 Å². The molecule has 35 heavy (non-hydrogen) atoms. The Bertz CT molecular complexity index is 1160. The highest BCUT2D eigenvalue weighted by Gasteiger charge is 2.31. The number of aryl methyl sites for hydroxylation is 1. The fraction of sp³-hybridized carbons (Fsp3) is 0.480. The third kappa shape index (κ3) is 6.23. The summed E-state index contributed by atoms with van der Waals surface area (Å²) in [6.45, 7) is 6.69. The van der Waals surface area contributed by atoms with Gasteiger partial charge >= 0.3 is 6.03 Å². The van der Waals surface area contributed by atoms with E-state index in [1.807, 2.05) is 19.9 Å². The molecule has 2 fully saturated rings. The van der Waals surface area contributed by atoms with Gasteiger partial charge in [0.2, 0.25) is 0 Å². The van der Waals surface area contributed by atoms with Crippen LogP contribution in [-0.2, 0) is 10.0 Å². The average molecular weight is 541 g/mol. The Kier molecular flexibility index (Phi) is 8.16. The van der Waals surface area contributed by atoms with Gasteiger partial charge in [-0.1, -0.05) is 40.9 Å². The minimum Gasteiger partial charge on any atom is -0.490 e. The topological polar surface area (TPSA) is 79.0 Å². The SMILES string of the molecule is Cc1ccc(S(=O)(=O)NC(=O)N2CCC(N3CCC(Oc4ccc(Cl)c(Cl)c4C)CC3)CC2)cc1. The summed E-state index contributed by atoms with van der Waals surface area (Å²) in [4.78, 5) is 16.8. The van der Waals surface area contributed by atoms with Gasteiger partial charge in [0.1, 0.15) is 11.9 Å². The number of nitrogens with zero attached hydrogens (tertiary/aromatic N) is 2. The molecule has 0 bridgehead atoms. The minimum absolute atomic E-state index is 0.0903. The number of urea groups is 1. The molecule has 7 nitrogen and oxygen atoms in total. The molecule has 0 aliphatic carbocycles. The number of likely N-dealkylation sites (tertiary alicyclic amines) is 2. The van der Waals surface area contributed by atoms with Gasteiger partial charge in [-0.15, -0.1) is 0 Å². The fourth-order valence-corrected chi connectivity index (χ4v) is 6.02. The first kappa shape index (κ1) is 26.1. The Morgan fingerprint density at radius 3 is 2.20 bits per heavy atom. The Morgan fingerprint density at radius 1 is 0.943 bits per heavy atom. The number of rotatable bonds is 5. The maximum atomic E-state index is 12.6. The molecule has 2 saturated heterocycles. The van der Waals surface area contributed by atoms with Gasteiger partial charge < -0.3 is 9.64 Å². The molecule has 2 heterocycles. The second-order valence-electron chi connectivity index (χ2n) is 9.28. The van der Waals surface area contributed by atoms with Crippen molar-refractivity contribution in [3.63, 3.8) is 0 Å². The lowest BCUT2D eigenvalue weighted by atomic mass is 9.99. The van der Waals surface area contributed by atoms with E-state index in [4.69, 9.17) is 27.9 Å². The number of benzene rings is 2. The van der Waals surface area contributed by atoms with E-state index < -0.39 is 16.1 Å². The predicted octanol–water partition coefficient (Wildman–Crippen LogP) is 5.02. The predicted molar refractivity (Wildman–Crippen MR) is 138 cm³/mol. The van der Waals surface area contributed by atoms with Crippen LogP contribution in [0.25, 0.3) is 0 Å². The average Bonchev–Trinajstić information content (AvgIpc) is 2.85. The van der Waals surface area contributed by atoms with E-state index in [-0.39, 0.29) is 11.0 Å². The highest BCUT2D eigenvalue weighted by Crippen LogP contribution is 2.34. The monoisotopic (exact) mass is 539 g/mol. The van der Waals surface area contributed by atoms with Gasteiger partial charge in [0.05, 0.1) is 14.9 Å². The van der Waals surface area contributed by atoms with Gasteiger partial charge in [0.15, 0.2) is 0 Å². The number of sulfonamides is 1. The Balaban J connectivity index is 1.24. The molecule has 2 aromatic carbocycles. The Morgan fingerprint density at radius 2 is 1.57 bits per heavy atom. The van der Waals surface area contributed by atoms with E-state index in [0.717, 1.165) is 55.6 Å². The molecule has 1 N–H and O–H groups in total. The van der Waals surface area contributed by atoms with Crippen molar-refractivity contribution in [1.82, 2.24) is 14.5 Å². The van der Waals surface area contributed by atoms with Gasteiger partial charge in [-0.25, -0.2) is 17.9 Å².